The monoisotopic (exact) mass is 484 g/mol. The van der Waals surface area contributed by atoms with Gasteiger partial charge in [0.15, 0.2) is 0 Å². The highest BCUT2D eigenvalue weighted by molar-refractivity contribution is 7.87. The van der Waals surface area contributed by atoms with E-state index in [-0.39, 0.29) is 12.2 Å². The molecule has 1 heterocycles. The van der Waals surface area contributed by atoms with Gasteiger partial charge < -0.3 is 15.4 Å². The van der Waals surface area contributed by atoms with E-state index >= 15 is 0 Å². The number of nitrogens with zero attached hydrogens (tertiary/aromatic N) is 1. The molecule has 1 aromatic heterocycles. The van der Waals surface area contributed by atoms with Crippen LogP contribution in [0, 0.1) is 0 Å². The van der Waals surface area contributed by atoms with Crippen LogP contribution in [-0.4, -0.2) is 42.1 Å². The SMILES string of the molecule is CCc1csc(CC(NC(=O)CNC(=O)OC(C)(C)C)c2ccc(NS(=O)(=O)O)cc2)n1. The molecular formula is C20H28N4O6S2. The number of benzene rings is 1. The summed E-state index contributed by atoms with van der Waals surface area (Å²) in [7, 11) is -4.39. The van der Waals surface area contributed by atoms with Crippen LogP contribution < -0.4 is 15.4 Å². The third-order valence-corrected chi connectivity index (χ3v) is 5.44. The van der Waals surface area contributed by atoms with Crippen molar-refractivity contribution >= 4 is 39.3 Å². The number of nitrogens with one attached hydrogen (secondary N) is 3. The normalized spacial score (nSPS) is 12.7. The van der Waals surface area contributed by atoms with E-state index in [1.165, 1.54) is 23.5 Å². The maximum absolute atomic E-state index is 12.5. The molecule has 1 unspecified atom stereocenters. The number of rotatable bonds is 9. The highest BCUT2D eigenvalue weighted by Gasteiger charge is 2.20. The third-order valence-electron chi connectivity index (χ3n) is 4.03. The molecular weight excluding hydrogens is 456 g/mol. The summed E-state index contributed by atoms with van der Waals surface area (Å²) in [6.45, 7) is 6.90. The fourth-order valence-corrected chi connectivity index (χ4v) is 4.03. The number of ether oxygens (including phenoxy) is 1. The summed E-state index contributed by atoms with van der Waals surface area (Å²) >= 11 is 1.48. The summed E-state index contributed by atoms with van der Waals surface area (Å²) in [6, 6.07) is 5.74. The smallest absolute Gasteiger partial charge is 0.408 e. The quantitative estimate of drug-likeness (QED) is 0.400. The third kappa shape index (κ3) is 9.20. The van der Waals surface area contributed by atoms with Gasteiger partial charge in [-0.05, 0) is 44.9 Å². The van der Waals surface area contributed by atoms with Crippen LogP contribution >= 0.6 is 11.3 Å². The molecule has 4 N–H and O–H groups in total. The molecule has 1 aromatic carbocycles. The van der Waals surface area contributed by atoms with Gasteiger partial charge in [-0.1, -0.05) is 19.1 Å². The van der Waals surface area contributed by atoms with Crippen LogP contribution in [-0.2, 0) is 32.7 Å². The first-order chi connectivity index (χ1) is 14.8. The number of aryl methyl sites for hydroxylation is 1. The van der Waals surface area contributed by atoms with Gasteiger partial charge >= 0.3 is 16.4 Å². The molecule has 12 heteroatoms. The van der Waals surface area contributed by atoms with Crippen molar-refractivity contribution in [1.82, 2.24) is 15.6 Å². The van der Waals surface area contributed by atoms with Crippen LogP contribution in [0.5, 0.6) is 0 Å². The van der Waals surface area contributed by atoms with Crippen molar-refractivity contribution in [3.05, 3.63) is 45.9 Å². The van der Waals surface area contributed by atoms with Crippen molar-refractivity contribution in [2.75, 3.05) is 11.3 Å². The van der Waals surface area contributed by atoms with Crippen molar-refractivity contribution in [3.8, 4) is 0 Å². The van der Waals surface area contributed by atoms with Gasteiger partial charge in [-0.15, -0.1) is 11.3 Å². The number of alkyl carbamates (subject to hydrolysis) is 1. The van der Waals surface area contributed by atoms with E-state index in [1.54, 1.807) is 32.9 Å². The lowest BCUT2D eigenvalue weighted by atomic mass is 10.0. The largest absolute Gasteiger partial charge is 0.444 e. The summed E-state index contributed by atoms with van der Waals surface area (Å²) in [5.74, 6) is -0.423. The zero-order valence-electron chi connectivity index (χ0n) is 18.3. The second-order valence-corrected chi connectivity index (χ2v) is 10.1. The zero-order valence-corrected chi connectivity index (χ0v) is 20.0. The van der Waals surface area contributed by atoms with Crippen molar-refractivity contribution in [2.24, 2.45) is 0 Å². The van der Waals surface area contributed by atoms with E-state index in [9.17, 15) is 18.0 Å². The number of hydrogen-bond acceptors (Lipinski definition) is 7. The van der Waals surface area contributed by atoms with Crippen molar-refractivity contribution in [1.29, 1.82) is 0 Å². The Morgan fingerprint density at radius 1 is 1.22 bits per heavy atom. The van der Waals surface area contributed by atoms with Crippen LogP contribution in [0.2, 0.25) is 0 Å². The summed E-state index contributed by atoms with van der Waals surface area (Å²) in [4.78, 5) is 28.8. The summed E-state index contributed by atoms with van der Waals surface area (Å²) in [5.41, 5.74) is 1.15. The summed E-state index contributed by atoms with van der Waals surface area (Å²) in [6.07, 6.45) is 0.509. The van der Waals surface area contributed by atoms with Crippen molar-refractivity contribution in [2.45, 2.75) is 52.2 Å². The van der Waals surface area contributed by atoms with Crippen LogP contribution in [0.3, 0.4) is 0 Å². The minimum absolute atomic E-state index is 0.176. The number of carbonyl (C=O) groups is 2. The topological polar surface area (TPSA) is 147 Å². The fraction of sp³-hybridized carbons (Fsp3) is 0.450. The van der Waals surface area contributed by atoms with E-state index in [0.29, 0.717) is 12.0 Å². The van der Waals surface area contributed by atoms with Crippen molar-refractivity contribution in [3.63, 3.8) is 0 Å². The van der Waals surface area contributed by atoms with E-state index in [1.807, 2.05) is 17.0 Å². The molecule has 0 saturated carbocycles. The Morgan fingerprint density at radius 3 is 2.41 bits per heavy atom. The van der Waals surface area contributed by atoms with E-state index in [4.69, 9.17) is 9.29 Å². The van der Waals surface area contributed by atoms with Gasteiger partial charge in [-0.25, -0.2) is 9.78 Å². The lowest BCUT2D eigenvalue weighted by Crippen LogP contribution is -2.41. The Bertz CT molecular complexity index is 1030. The lowest BCUT2D eigenvalue weighted by Gasteiger charge is -2.21. The van der Waals surface area contributed by atoms with Crippen molar-refractivity contribution < 1.29 is 27.3 Å². The zero-order chi connectivity index (χ0) is 23.9. The van der Waals surface area contributed by atoms with Crippen LogP contribution in [0.4, 0.5) is 10.5 Å². The molecule has 0 aliphatic carbocycles. The first-order valence-corrected chi connectivity index (χ1v) is 12.2. The standard InChI is InChI=1S/C20H28N4O6S2/c1-5-14-12-31-18(22-14)10-16(13-6-8-15(9-7-13)24-32(27,28)29)23-17(25)11-21-19(26)30-20(2,3)4/h6-9,12,16,24H,5,10-11H2,1-4H3,(H,21,26)(H,23,25)(H,27,28,29). The molecule has 0 radical (unpaired) electrons. The molecule has 32 heavy (non-hydrogen) atoms. The molecule has 10 nitrogen and oxygen atoms in total. The number of thiazole rings is 1. The summed E-state index contributed by atoms with van der Waals surface area (Å²) < 4.78 is 38.0. The molecule has 2 aromatic rings. The first kappa shape index (κ1) is 25.6. The Morgan fingerprint density at radius 2 is 1.88 bits per heavy atom. The molecule has 0 aliphatic heterocycles. The minimum atomic E-state index is -4.39. The van der Waals surface area contributed by atoms with Gasteiger partial charge in [0, 0.05) is 11.8 Å². The maximum Gasteiger partial charge on any atom is 0.408 e. The second-order valence-electron chi connectivity index (χ2n) is 7.96. The molecule has 176 valence electrons. The lowest BCUT2D eigenvalue weighted by molar-refractivity contribution is -0.121. The van der Waals surface area contributed by atoms with E-state index < -0.39 is 33.9 Å². The van der Waals surface area contributed by atoms with Gasteiger partial charge in [0.1, 0.15) is 12.1 Å². The fourth-order valence-electron chi connectivity index (χ4n) is 2.68. The molecule has 0 saturated heterocycles. The molecule has 0 bridgehead atoms. The predicted octanol–water partition coefficient (Wildman–Crippen LogP) is 2.84. The molecule has 1 atom stereocenters. The van der Waals surface area contributed by atoms with E-state index in [2.05, 4.69) is 15.6 Å². The average Bonchev–Trinajstić information content (AvgIpc) is 3.11. The molecule has 2 rings (SSSR count). The molecule has 0 aliphatic rings. The van der Waals surface area contributed by atoms with Gasteiger partial charge in [-0.3, -0.25) is 14.1 Å². The van der Waals surface area contributed by atoms with Gasteiger partial charge in [0.2, 0.25) is 5.91 Å². The number of amides is 2. The minimum Gasteiger partial charge on any atom is -0.444 e. The molecule has 0 spiro atoms. The van der Waals surface area contributed by atoms with E-state index in [0.717, 1.165) is 17.1 Å². The Labute approximate surface area is 191 Å². The molecule has 0 fully saturated rings. The summed E-state index contributed by atoms with van der Waals surface area (Å²) in [5, 5.41) is 8.06. The molecule has 2 amide bonds. The van der Waals surface area contributed by atoms with Crippen LogP contribution in [0.15, 0.2) is 29.6 Å². The number of carbonyl (C=O) groups excluding carboxylic acids is 2. The van der Waals surface area contributed by atoms with Crippen LogP contribution in [0.25, 0.3) is 0 Å². The van der Waals surface area contributed by atoms with Gasteiger partial charge in [0.05, 0.1) is 22.4 Å². The Hall–Kier alpha value is -2.70. The highest BCUT2D eigenvalue weighted by atomic mass is 32.2. The Kier molecular flexibility index (Phi) is 8.58. The number of hydrogen-bond donors (Lipinski definition) is 4. The van der Waals surface area contributed by atoms with Crippen LogP contribution in [0.1, 0.15) is 50.0 Å². The van der Waals surface area contributed by atoms with Gasteiger partial charge in [0.25, 0.3) is 0 Å². The maximum atomic E-state index is 12.5. The highest BCUT2D eigenvalue weighted by Crippen LogP contribution is 2.23. The van der Waals surface area contributed by atoms with Gasteiger partial charge in [-0.2, -0.15) is 8.42 Å². The number of aromatic nitrogens is 1. The second kappa shape index (κ2) is 10.7. The Balaban J connectivity index is 2.12. The number of anilines is 1. The average molecular weight is 485 g/mol. The predicted molar refractivity (Wildman–Crippen MR) is 122 cm³/mol. The first-order valence-electron chi connectivity index (χ1n) is 9.89.